The highest BCUT2D eigenvalue weighted by Crippen LogP contribution is 2.25. The number of carbonyl (C=O) groups is 2. The van der Waals surface area contributed by atoms with Gasteiger partial charge in [0.15, 0.2) is 0 Å². The molecule has 39 heavy (non-hydrogen) atoms. The van der Waals surface area contributed by atoms with Crippen molar-refractivity contribution >= 4 is 39.1 Å². The minimum atomic E-state index is -4.14. The van der Waals surface area contributed by atoms with Gasteiger partial charge < -0.3 is 15.0 Å². The number of rotatable bonds is 12. The molecule has 0 heterocycles. The van der Waals surface area contributed by atoms with Gasteiger partial charge in [-0.3, -0.25) is 13.9 Å². The summed E-state index contributed by atoms with van der Waals surface area (Å²) in [7, 11) is -2.60. The van der Waals surface area contributed by atoms with E-state index in [1.807, 2.05) is 19.9 Å². The molecular formula is C29H34ClN3O5S. The second kappa shape index (κ2) is 13.5. The van der Waals surface area contributed by atoms with E-state index in [9.17, 15) is 18.0 Å². The number of halogens is 1. The normalized spacial score (nSPS) is 12.1. The first-order valence-electron chi connectivity index (χ1n) is 12.6. The molecule has 0 radical (unpaired) electrons. The van der Waals surface area contributed by atoms with Crippen LogP contribution in [0.2, 0.25) is 5.02 Å². The number of hydrogen-bond donors (Lipinski definition) is 1. The SMILES string of the molecule is COc1cccc(CN(C(=O)CN(c2ccccc2)S(=O)(=O)c2ccc(Cl)cc2)C(C)C(=O)NCC(C)C)c1. The predicted molar refractivity (Wildman–Crippen MR) is 153 cm³/mol. The van der Waals surface area contributed by atoms with E-state index in [2.05, 4.69) is 5.32 Å². The van der Waals surface area contributed by atoms with Gasteiger partial charge in [0.05, 0.1) is 17.7 Å². The van der Waals surface area contributed by atoms with Crippen molar-refractivity contribution in [3.05, 3.63) is 89.4 Å². The molecule has 0 aliphatic carbocycles. The monoisotopic (exact) mass is 571 g/mol. The molecule has 10 heteroatoms. The minimum Gasteiger partial charge on any atom is -0.497 e. The van der Waals surface area contributed by atoms with E-state index in [1.54, 1.807) is 62.6 Å². The minimum absolute atomic E-state index is 0.00868. The maximum Gasteiger partial charge on any atom is 0.264 e. The Morgan fingerprint density at radius 3 is 2.23 bits per heavy atom. The molecule has 1 N–H and O–H groups in total. The van der Waals surface area contributed by atoms with Crippen LogP contribution < -0.4 is 14.4 Å². The summed E-state index contributed by atoms with van der Waals surface area (Å²) < 4.78 is 33.8. The van der Waals surface area contributed by atoms with Crippen LogP contribution >= 0.6 is 11.6 Å². The zero-order chi connectivity index (χ0) is 28.6. The number of amides is 2. The Bertz CT molecular complexity index is 1370. The molecule has 0 aliphatic rings. The van der Waals surface area contributed by atoms with Gasteiger partial charge >= 0.3 is 0 Å². The molecule has 8 nitrogen and oxygen atoms in total. The van der Waals surface area contributed by atoms with Gasteiger partial charge in [-0.05, 0) is 66.9 Å². The Balaban J connectivity index is 1.99. The third-order valence-electron chi connectivity index (χ3n) is 6.06. The highest BCUT2D eigenvalue weighted by molar-refractivity contribution is 7.92. The van der Waals surface area contributed by atoms with Crippen LogP contribution in [0, 0.1) is 5.92 Å². The van der Waals surface area contributed by atoms with Crippen molar-refractivity contribution in [1.29, 1.82) is 0 Å². The van der Waals surface area contributed by atoms with Crippen LogP contribution in [0.3, 0.4) is 0 Å². The average Bonchev–Trinajstić information content (AvgIpc) is 2.93. The van der Waals surface area contributed by atoms with Crippen LogP contribution in [0.25, 0.3) is 0 Å². The summed E-state index contributed by atoms with van der Waals surface area (Å²) in [6.07, 6.45) is 0. The van der Waals surface area contributed by atoms with Crippen LogP contribution in [0.15, 0.2) is 83.8 Å². The fourth-order valence-corrected chi connectivity index (χ4v) is 5.40. The molecule has 3 aromatic rings. The molecule has 0 saturated carbocycles. The number of sulfonamides is 1. The van der Waals surface area contributed by atoms with E-state index in [0.717, 1.165) is 9.87 Å². The third-order valence-corrected chi connectivity index (χ3v) is 8.10. The number of benzene rings is 3. The Morgan fingerprint density at radius 2 is 1.62 bits per heavy atom. The number of para-hydroxylation sites is 1. The van der Waals surface area contributed by atoms with Crippen molar-refractivity contribution in [3.8, 4) is 5.75 Å². The van der Waals surface area contributed by atoms with Crippen molar-refractivity contribution in [3.63, 3.8) is 0 Å². The highest BCUT2D eigenvalue weighted by atomic mass is 35.5. The predicted octanol–water partition coefficient (Wildman–Crippen LogP) is 4.73. The maximum absolute atomic E-state index is 13.9. The fourth-order valence-electron chi connectivity index (χ4n) is 3.86. The lowest BCUT2D eigenvalue weighted by Crippen LogP contribution is -2.51. The summed E-state index contributed by atoms with van der Waals surface area (Å²) in [4.78, 5) is 28.3. The van der Waals surface area contributed by atoms with Gasteiger partial charge in [-0.15, -0.1) is 0 Å². The summed E-state index contributed by atoms with van der Waals surface area (Å²) >= 11 is 5.98. The molecule has 0 spiro atoms. The highest BCUT2D eigenvalue weighted by Gasteiger charge is 2.32. The molecule has 0 saturated heterocycles. The Hall–Kier alpha value is -3.56. The first-order valence-corrected chi connectivity index (χ1v) is 14.4. The van der Waals surface area contributed by atoms with Gasteiger partial charge in [0.2, 0.25) is 11.8 Å². The summed E-state index contributed by atoms with van der Waals surface area (Å²) in [5, 5.41) is 3.26. The van der Waals surface area contributed by atoms with Crippen molar-refractivity contribution in [1.82, 2.24) is 10.2 Å². The van der Waals surface area contributed by atoms with E-state index in [1.165, 1.54) is 29.2 Å². The van der Waals surface area contributed by atoms with Crippen LogP contribution in [0.5, 0.6) is 5.75 Å². The zero-order valence-electron chi connectivity index (χ0n) is 22.5. The van der Waals surface area contributed by atoms with Crippen molar-refractivity contribution in [2.45, 2.75) is 38.3 Å². The molecular weight excluding hydrogens is 538 g/mol. The van der Waals surface area contributed by atoms with Crippen molar-refractivity contribution < 1.29 is 22.7 Å². The quantitative estimate of drug-likeness (QED) is 0.339. The summed E-state index contributed by atoms with van der Waals surface area (Å²) in [6, 6.07) is 20.4. The van der Waals surface area contributed by atoms with Crippen LogP contribution in [-0.4, -0.2) is 51.4 Å². The Morgan fingerprint density at radius 1 is 0.949 bits per heavy atom. The molecule has 2 amide bonds. The van der Waals surface area contributed by atoms with E-state index in [-0.39, 0.29) is 23.3 Å². The van der Waals surface area contributed by atoms with Crippen molar-refractivity contribution in [2.75, 3.05) is 24.5 Å². The lowest BCUT2D eigenvalue weighted by atomic mass is 10.1. The second-order valence-corrected chi connectivity index (χ2v) is 11.8. The second-order valence-electron chi connectivity index (χ2n) is 9.49. The van der Waals surface area contributed by atoms with E-state index < -0.39 is 28.5 Å². The van der Waals surface area contributed by atoms with Crippen LogP contribution in [0.1, 0.15) is 26.3 Å². The van der Waals surface area contributed by atoms with Crippen LogP contribution in [-0.2, 0) is 26.2 Å². The van der Waals surface area contributed by atoms with Gasteiger partial charge in [0, 0.05) is 18.1 Å². The first-order chi connectivity index (χ1) is 18.5. The number of methoxy groups -OCH3 is 1. The molecule has 208 valence electrons. The van der Waals surface area contributed by atoms with E-state index in [4.69, 9.17) is 16.3 Å². The molecule has 0 bridgehead atoms. The molecule has 0 fully saturated rings. The standard InChI is InChI=1S/C29H34ClN3O5S/c1-21(2)18-31-29(35)22(3)32(19-23-9-8-12-26(17-23)38-4)28(34)20-33(25-10-6-5-7-11-25)39(36,37)27-15-13-24(30)14-16-27/h5-17,21-22H,18-20H2,1-4H3,(H,31,35). The number of hydrogen-bond acceptors (Lipinski definition) is 5. The van der Waals surface area contributed by atoms with Gasteiger partial charge in [0.1, 0.15) is 18.3 Å². The Kier molecular flexibility index (Phi) is 10.4. The van der Waals surface area contributed by atoms with Crippen LogP contribution in [0.4, 0.5) is 5.69 Å². The van der Waals surface area contributed by atoms with Gasteiger partial charge in [0.25, 0.3) is 10.0 Å². The molecule has 1 unspecified atom stereocenters. The van der Waals surface area contributed by atoms with Crippen molar-refractivity contribution in [2.24, 2.45) is 5.92 Å². The van der Waals surface area contributed by atoms with E-state index >= 15 is 0 Å². The maximum atomic E-state index is 13.9. The largest absolute Gasteiger partial charge is 0.497 e. The van der Waals surface area contributed by atoms with Gasteiger partial charge in [-0.25, -0.2) is 8.42 Å². The number of ether oxygens (including phenoxy) is 1. The molecule has 0 aliphatic heterocycles. The lowest BCUT2D eigenvalue weighted by molar-refractivity contribution is -0.139. The summed E-state index contributed by atoms with van der Waals surface area (Å²) in [5.41, 5.74) is 1.05. The smallest absolute Gasteiger partial charge is 0.264 e. The first kappa shape index (κ1) is 30.0. The summed E-state index contributed by atoms with van der Waals surface area (Å²) in [6.45, 7) is 5.60. The molecule has 3 aromatic carbocycles. The average molecular weight is 572 g/mol. The molecule has 1 atom stereocenters. The fraction of sp³-hybridized carbons (Fsp3) is 0.310. The number of nitrogens with zero attached hydrogens (tertiary/aromatic N) is 2. The molecule has 0 aromatic heterocycles. The van der Waals surface area contributed by atoms with Gasteiger partial charge in [-0.2, -0.15) is 0 Å². The zero-order valence-corrected chi connectivity index (χ0v) is 24.1. The lowest BCUT2D eigenvalue weighted by Gasteiger charge is -2.32. The van der Waals surface area contributed by atoms with E-state index in [0.29, 0.717) is 23.0 Å². The van der Waals surface area contributed by atoms with Gasteiger partial charge in [-0.1, -0.05) is 55.8 Å². The Labute approximate surface area is 235 Å². The third kappa shape index (κ3) is 7.97. The molecule has 3 rings (SSSR count). The summed E-state index contributed by atoms with van der Waals surface area (Å²) in [5.74, 6) is -0.0343. The topological polar surface area (TPSA) is 96.0 Å². The number of nitrogens with one attached hydrogen (secondary N) is 1. The number of anilines is 1. The number of carbonyl (C=O) groups excluding carboxylic acids is 2.